The van der Waals surface area contributed by atoms with Gasteiger partial charge in [0.2, 0.25) is 0 Å². The molecular formula is C13H15N3. The van der Waals surface area contributed by atoms with Crippen molar-refractivity contribution < 1.29 is 0 Å². The van der Waals surface area contributed by atoms with Crippen LogP contribution >= 0.6 is 0 Å². The van der Waals surface area contributed by atoms with Crippen LogP contribution < -0.4 is 0 Å². The summed E-state index contributed by atoms with van der Waals surface area (Å²) in [6, 6.07) is 10.1. The lowest BCUT2D eigenvalue weighted by Crippen LogP contribution is -1.99. The van der Waals surface area contributed by atoms with Crippen molar-refractivity contribution in [2.24, 2.45) is 0 Å². The summed E-state index contributed by atoms with van der Waals surface area (Å²) < 4.78 is 1.94. The summed E-state index contributed by atoms with van der Waals surface area (Å²) in [4.78, 5) is 0. The topological polar surface area (TPSA) is 41.7 Å². The van der Waals surface area contributed by atoms with Gasteiger partial charge in [0.05, 0.1) is 11.4 Å². The average Bonchev–Trinajstić information content (AvgIpc) is 2.59. The van der Waals surface area contributed by atoms with Gasteiger partial charge in [-0.1, -0.05) is 18.2 Å². The first-order valence-corrected chi connectivity index (χ1v) is 5.33. The van der Waals surface area contributed by atoms with Crippen LogP contribution in [-0.2, 0) is 6.42 Å². The number of aryl methyl sites for hydroxylation is 1. The second-order valence-corrected chi connectivity index (χ2v) is 3.80. The van der Waals surface area contributed by atoms with E-state index in [0.717, 1.165) is 22.6 Å². The Morgan fingerprint density at radius 1 is 1.25 bits per heavy atom. The summed E-state index contributed by atoms with van der Waals surface area (Å²) in [6.45, 7) is 4.04. The van der Waals surface area contributed by atoms with Crippen LogP contribution in [-0.4, -0.2) is 16.0 Å². The zero-order valence-electron chi connectivity index (χ0n) is 9.57. The third-order valence-corrected chi connectivity index (χ3v) is 2.75. The summed E-state index contributed by atoms with van der Waals surface area (Å²) in [7, 11) is 0. The molecule has 1 aromatic carbocycles. The standard InChI is InChI=1S/C13H15N3/c1-10-13(8-9-14)11(2)16(15-10)12-6-4-3-5-7-12/h3-7,9,14H,8H2,1-2H3. The van der Waals surface area contributed by atoms with Gasteiger partial charge < -0.3 is 5.41 Å². The first-order valence-electron chi connectivity index (χ1n) is 5.33. The van der Waals surface area contributed by atoms with E-state index in [-0.39, 0.29) is 0 Å². The number of para-hydroxylation sites is 1. The van der Waals surface area contributed by atoms with E-state index >= 15 is 0 Å². The maximum atomic E-state index is 7.19. The summed E-state index contributed by atoms with van der Waals surface area (Å²) >= 11 is 0. The molecule has 2 aromatic rings. The van der Waals surface area contributed by atoms with E-state index in [9.17, 15) is 0 Å². The van der Waals surface area contributed by atoms with Crippen LogP contribution in [0.25, 0.3) is 5.69 Å². The lowest BCUT2D eigenvalue weighted by Gasteiger charge is -2.03. The maximum absolute atomic E-state index is 7.19. The number of hydrogen-bond acceptors (Lipinski definition) is 2. The van der Waals surface area contributed by atoms with Crippen molar-refractivity contribution in [1.82, 2.24) is 9.78 Å². The van der Waals surface area contributed by atoms with Crippen LogP contribution in [0.3, 0.4) is 0 Å². The highest BCUT2D eigenvalue weighted by Gasteiger charge is 2.10. The zero-order valence-corrected chi connectivity index (χ0v) is 9.57. The highest BCUT2D eigenvalue weighted by molar-refractivity contribution is 5.59. The van der Waals surface area contributed by atoms with E-state index < -0.39 is 0 Å². The fourth-order valence-electron chi connectivity index (χ4n) is 1.89. The maximum Gasteiger partial charge on any atom is 0.0648 e. The van der Waals surface area contributed by atoms with Gasteiger partial charge in [0, 0.05) is 17.7 Å². The van der Waals surface area contributed by atoms with Crippen LogP contribution in [0.5, 0.6) is 0 Å². The third-order valence-electron chi connectivity index (χ3n) is 2.75. The van der Waals surface area contributed by atoms with Crippen LogP contribution in [0.4, 0.5) is 0 Å². The van der Waals surface area contributed by atoms with Gasteiger partial charge in [-0.05, 0) is 32.2 Å². The van der Waals surface area contributed by atoms with Gasteiger partial charge in [-0.3, -0.25) is 0 Å². The summed E-state index contributed by atoms with van der Waals surface area (Å²) in [5.74, 6) is 0. The Balaban J connectivity index is 2.51. The van der Waals surface area contributed by atoms with Gasteiger partial charge in [0.1, 0.15) is 0 Å². The molecule has 3 heteroatoms. The van der Waals surface area contributed by atoms with Gasteiger partial charge in [-0.25, -0.2) is 4.68 Å². The van der Waals surface area contributed by atoms with Gasteiger partial charge in [0.25, 0.3) is 0 Å². The molecule has 0 aliphatic carbocycles. The zero-order chi connectivity index (χ0) is 11.5. The summed E-state index contributed by atoms with van der Waals surface area (Å²) in [6.07, 6.45) is 2.08. The molecule has 0 bridgehead atoms. The van der Waals surface area contributed by atoms with Crippen LogP contribution in [0, 0.1) is 19.3 Å². The lowest BCUT2D eigenvalue weighted by atomic mass is 10.1. The van der Waals surface area contributed by atoms with Crippen LogP contribution in [0.2, 0.25) is 0 Å². The smallest absolute Gasteiger partial charge is 0.0648 e. The van der Waals surface area contributed by atoms with E-state index in [1.807, 2.05) is 48.9 Å². The van der Waals surface area contributed by atoms with Crippen molar-refractivity contribution in [3.63, 3.8) is 0 Å². The molecule has 1 heterocycles. The number of benzene rings is 1. The highest BCUT2D eigenvalue weighted by Crippen LogP contribution is 2.17. The number of aromatic nitrogens is 2. The van der Waals surface area contributed by atoms with Crippen molar-refractivity contribution in [2.45, 2.75) is 20.3 Å². The van der Waals surface area contributed by atoms with E-state index in [1.165, 1.54) is 6.21 Å². The van der Waals surface area contributed by atoms with Crippen LogP contribution in [0.15, 0.2) is 30.3 Å². The average molecular weight is 213 g/mol. The first kappa shape index (κ1) is 10.6. The molecule has 82 valence electrons. The van der Waals surface area contributed by atoms with Gasteiger partial charge in [-0.15, -0.1) is 0 Å². The van der Waals surface area contributed by atoms with E-state index in [0.29, 0.717) is 6.42 Å². The van der Waals surface area contributed by atoms with Gasteiger partial charge >= 0.3 is 0 Å². The fraction of sp³-hybridized carbons (Fsp3) is 0.231. The molecule has 0 atom stereocenters. The predicted molar refractivity (Wildman–Crippen MR) is 65.5 cm³/mol. The Labute approximate surface area is 95.2 Å². The van der Waals surface area contributed by atoms with E-state index in [2.05, 4.69) is 5.10 Å². The molecule has 0 aliphatic rings. The molecule has 16 heavy (non-hydrogen) atoms. The molecule has 0 unspecified atom stereocenters. The van der Waals surface area contributed by atoms with Crippen molar-refractivity contribution in [3.05, 3.63) is 47.3 Å². The van der Waals surface area contributed by atoms with Gasteiger partial charge in [-0.2, -0.15) is 5.10 Å². The number of nitrogens with one attached hydrogen (secondary N) is 1. The summed E-state index contributed by atoms with van der Waals surface area (Å²) in [5.41, 5.74) is 4.34. The molecule has 1 N–H and O–H groups in total. The van der Waals surface area contributed by atoms with E-state index in [4.69, 9.17) is 5.41 Å². The lowest BCUT2D eigenvalue weighted by molar-refractivity contribution is 0.833. The molecule has 0 fully saturated rings. The molecule has 0 saturated carbocycles. The largest absolute Gasteiger partial charge is 0.313 e. The second-order valence-electron chi connectivity index (χ2n) is 3.80. The second kappa shape index (κ2) is 4.31. The fourth-order valence-corrected chi connectivity index (χ4v) is 1.89. The van der Waals surface area contributed by atoms with Crippen molar-refractivity contribution >= 4 is 6.21 Å². The minimum atomic E-state index is 0.657. The minimum Gasteiger partial charge on any atom is -0.313 e. The molecule has 2 rings (SSSR count). The van der Waals surface area contributed by atoms with E-state index in [1.54, 1.807) is 0 Å². The molecule has 0 radical (unpaired) electrons. The molecule has 0 aliphatic heterocycles. The van der Waals surface area contributed by atoms with Crippen LogP contribution in [0.1, 0.15) is 17.0 Å². The Morgan fingerprint density at radius 3 is 2.56 bits per heavy atom. The highest BCUT2D eigenvalue weighted by atomic mass is 15.3. The SMILES string of the molecule is Cc1nn(-c2ccccc2)c(C)c1CC=N. The Hall–Kier alpha value is -1.90. The van der Waals surface area contributed by atoms with Crippen molar-refractivity contribution in [3.8, 4) is 5.69 Å². The monoisotopic (exact) mass is 213 g/mol. The first-order chi connectivity index (χ1) is 7.74. The minimum absolute atomic E-state index is 0.657. The van der Waals surface area contributed by atoms with Crippen molar-refractivity contribution in [2.75, 3.05) is 0 Å². The molecule has 0 amide bonds. The van der Waals surface area contributed by atoms with Crippen molar-refractivity contribution in [1.29, 1.82) is 5.41 Å². The predicted octanol–water partition coefficient (Wildman–Crippen LogP) is 2.68. The van der Waals surface area contributed by atoms with Gasteiger partial charge in [0.15, 0.2) is 0 Å². The Bertz CT molecular complexity index is 497. The normalized spacial score (nSPS) is 10.4. The summed E-state index contributed by atoms with van der Waals surface area (Å²) in [5, 5.41) is 11.7. The molecule has 1 aromatic heterocycles. The molecular weight excluding hydrogens is 198 g/mol. The molecule has 0 saturated heterocycles. The molecule has 3 nitrogen and oxygen atoms in total. The third kappa shape index (κ3) is 1.76. The Kier molecular flexibility index (Phi) is 2.86. The number of rotatable bonds is 3. The molecule has 0 spiro atoms. The quantitative estimate of drug-likeness (QED) is 0.782. The number of nitrogens with zero attached hydrogens (tertiary/aromatic N) is 2. The number of hydrogen-bond donors (Lipinski definition) is 1. The Morgan fingerprint density at radius 2 is 1.94 bits per heavy atom.